The highest BCUT2D eigenvalue weighted by molar-refractivity contribution is 5.82. The van der Waals surface area contributed by atoms with E-state index in [1.165, 1.54) is 0 Å². The largest absolute Gasteiger partial charge is 0.384 e. The monoisotopic (exact) mass is 226 g/mol. The van der Waals surface area contributed by atoms with Crippen LogP contribution in [0.5, 0.6) is 0 Å². The maximum absolute atomic E-state index is 12.2. The fourth-order valence-corrected chi connectivity index (χ4v) is 2.77. The zero-order chi connectivity index (χ0) is 11.5. The molecule has 0 spiro atoms. The summed E-state index contributed by atoms with van der Waals surface area (Å²) < 4.78 is 5.15. The molecule has 0 aromatic heterocycles. The van der Waals surface area contributed by atoms with Crippen LogP contribution >= 0.6 is 0 Å². The molecule has 92 valence electrons. The molecule has 4 nitrogen and oxygen atoms in total. The first-order valence-electron chi connectivity index (χ1n) is 6.23. The molecule has 2 heterocycles. The van der Waals surface area contributed by atoms with Gasteiger partial charge in [0.15, 0.2) is 0 Å². The topological polar surface area (TPSA) is 41.6 Å². The van der Waals surface area contributed by atoms with E-state index < -0.39 is 0 Å². The predicted molar refractivity (Wildman–Crippen MR) is 62.1 cm³/mol. The van der Waals surface area contributed by atoms with E-state index in [0.717, 1.165) is 39.1 Å². The maximum atomic E-state index is 12.2. The van der Waals surface area contributed by atoms with Crippen molar-refractivity contribution >= 4 is 5.91 Å². The third-order valence-electron chi connectivity index (χ3n) is 3.80. The first kappa shape index (κ1) is 11.9. The first-order chi connectivity index (χ1) is 7.72. The molecule has 1 N–H and O–H groups in total. The molecule has 2 fully saturated rings. The number of ether oxygens (including phenoxy) is 1. The van der Waals surface area contributed by atoms with Crippen LogP contribution in [0.25, 0.3) is 0 Å². The summed E-state index contributed by atoms with van der Waals surface area (Å²) in [6.07, 6.45) is 2.20. The Bertz CT molecular complexity index is 257. The summed E-state index contributed by atoms with van der Waals surface area (Å²) in [4.78, 5) is 14.2. The van der Waals surface area contributed by atoms with E-state index in [0.29, 0.717) is 17.7 Å². The van der Waals surface area contributed by atoms with Crippen molar-refractivity contribution in [2.75, 3.05) is 33.4 Å². The summed E-state index contributed by atoms with van der Waals surface area (Å²) in [6.45, 7) is 5.69. The van der Waals surface area contributed by atoms with Crippen LogP contribution in [0.15, 0.2) is 0 Å². The Hall–Kier alpha value is -0.610. The fraction of sp³-hybridized carbons (Fsp3) is 0.917. The minimum atomic E-state index is 0.0568. The van der Waals surface area contributed by atoms with Gasteiger partial charge in [0, 0.05) is 26.1 Å². The Labute approximate surface area is 97.3 Å². The Morgan fingerprint density at radius 3 is 2.94 bits per heavy atom. The van der Waals surface area contributed by atoms with Gasteiger partial charge in [-0.2, -0.15) is 0 Å². The van der Waals surface area contributed by atoms with E-state index in [2.05, 4.69) is 12.2 Å². The Morgan fingerprint density at radius 1 is 1.50 bits per heavy atom. The van der Waals surface area contributed by atoms with Gasteiger partial charge in [-0.25, -0.2) is 0 Å². The molecule has 2 aliphatic rings. The SMILES string of the molecule is COCC1CCN(C(=O)C2NCCC2C)C1. The van der Waals surface area contributed by atoms with Crippen LogP contribution in [0.3, 0.4) is 0 Å². The number of carbonyl (C=O) groups excluding carboxylic acids is 1. The van der Waals surface area contributed by atoms with Crippen molar-refractivity contribution in [3.8, 4) is 0 Å². The van der Waals surface area contributed by atoms with Crippen molar-refractivity contribution in [3.05, 3.63) is 0 Å². The number of hydrogen-bond donors (Lipinski definition) is 1. The van der Waals surface area contributed by atoms with E-state index in [1.807, 2.05) is 4.90 Å². The van der Waals surface area contributed by atoms with Crippen LogP contribution in [-0.2, 0) is 9.53 Å². The average Bonchev–Trinajstić information content (AvgIpc) is 2.87. The van der Waals surface area contributed by atoms with Crippen LogP contribution in [0.4, 0.5) is 0 Å². The lowest BCUT2D eigenvalue weighted by atomic mass is 10.0. The average molecular weight is 226 g/mol. The second-order valence-corrected chi connectivity index (χ2v) is 5.09. The van der Waals surface area contributed by atoms with Crippen molar-refractivity contribution in [1.29, 1.82) is 0 Å². The molecular formula is C12H22N2O2. The van der Waals surface area contributed by atoms with Gasteiger partial charge in [-0.05, 0) is 25.3 Å². The van der Waals surface area contributed by atoms with Gasteiger partial charge in [0.25, 0.3) is 0 Å². The number of rotatable bonds is 3. The standard InChI is InChI=1S/C12H22N2O2/c1-9-3-5-13-11(9)12(15)14-6-4-10(7-14)8-16-2/h9-11,13H,3-8H2,1-2H3. The van der Waals surface area contributed by atoms with Gasteiger partial charge in [0.05, 0.1) is 12.6 Å². The molecule has 3 unspecified atom stereocenters. The lowest BCUT2D eigenvalue weighted by molar-refractivity contribution is -0.133. The summed E-state index contributed by atoms with van der Waals surface area (Å²) in [6, 6.07) is 0.0568. The van der Waals surface area contributed by atoms with Gasteiger partial charge >= 0.3 is 0 Å². The molecule has 2 saturated heterocycles. The van der Waals surface area contributed by atoms with Crippen LogP contribution in [0, 0.1) is 11.8 Å². The zero-order valence-electron chi connectivity index (χ0n) is 10.2. The smallest absolute Gasteiger partial charge is 0.239 e. The molecule has 2 rings (SSSR count). The van der Waals surface area contributed by atoms with Gasteiger partial charge in [-0.1, -0.05) is 6.92 Å². The van der Waals surface area contributed by atoms with Crippen LogP contribution in [0.1, 0.15) is 19.8 Å². The van der Waals surface area contributed by atoms with Crippen molar-refractivity contribution in [2.24, 2.45) is 11.8 Å². The normalized spacial score (nSPS) is 34.6. The minimum Gasteiger partial charge on any atom is -0.384 e. The Morgan fingerprint density at radius 2 is 2.31 bits per heavy atom. The molecule has 0 radical (unpaired) electrons. The van der Waals surface area contributed by atoms with E-state index in [-0.39, 0.29) is 6.04 Å². The number of nitrogens with one attached hydrogen (secondary N) is 1. The lowest BCUT2D eigenvalue weighted by Crippen LogP contribution is -2.45. The van der Waals surface area contributed by atoms with Gasteiger partial charge in [0.1, 0.15) is 0 Å². The zero-order valence-corrected chi connectivity index (χ0v) is 10.2. The number of carbonyl (C=O) groups is 1. The maximum Gasteiger partial charge on any atom is 0.239 e. The van der Waals surface area contributed by atoms with Crippen LogP contribution in [-0.4, -0.2) is 50.2 Å². The van der Waals surface area contributed by atoms with Crippen molar-refractivity contribution in [1.82, 2.24) is 10.2 Å². The second-order valence-electron chi connectivity index (χ2n) is 5.09. The van der Waals surface area contributed by atoms with Gasteiger partial charge in [0.2, 0.25) is 5.91 Å². The highest BCUT2D eigenvalue weighted by Crippen LogP contribution is 2.21. The van der Waals surface area contributed by atoms with E-state index in [9.17, 15) is 4.79 Å². The van der Waals surface area contributed by atoms with E-state index in [1.54, 1.807) is 7.11 Å². The highest BCUT2D eigenvalue weighted by Gasteiger charge is 2.35. The molecule has 0 aliphatic carbocycles. The van der Waals surface area contributed by atoms with Gasteiger partial charge < -0.3 is 15.0 Å². The van der Waals surface area contributed by atoms with Gasteiger partial charge in [-0.15, -0.1) is 0 Å². The summed E-state index contributed by atoms with van der Waals surface area (Å²) in [5.41, 5.74) is 0. The van der Waals surface area contributed by atoms with Crippen molar-refractivity contribution in [2.45, 2.75) is 25.8 Å². The molecule has 4 heteroatoms. The summed E-state index contributed by atoms with van der Waals surface area (Å²) >= 11 is 0. The molecule has 0 aromatic rings. The van der Waals surface area contributed by atoms with E-state index in [4.69, 9.17) is 4.74 Å². The number of hydrogen-bond acceptors (Lipinski definition) is 3. The highest BCUT2D eigenvalue weighted by atomic mass is 16.5. The Kier molecular flexibility index (Phi) is 3.82. The summed E-state index contributed by atoms with van der Waals surface area (Å²) in [5, 5.41) is 3.31. The molecule has 0 aromatic carbocycles. The number of amides is 1. The molecular weight excluding hydrogens is 204 g/mol. The third kappa shape index (κ3) is 2.38. The van der Waals surface area contributed by atoms with Gasteiger partial charge in [-0.3, -0.25) is 4.79 Å². The first-order valence-corrected chi connectivity index (χ1v) is 6.23. The van der Waals surface area contributed by atoms with Crippen LogP contribution in [0.2, 0.25) is 0 Å². The number of methoxy groups -OCH3 is 1. The second kappa shape index (κ2) is 5.15. The molecule has 1 amide bonds. The quantitative estimate of drug-likeness (QED) is 0.761. The molecule has 2 aliphatic heterocycles. The number of nitrogens with zero attached hydrogens (tertiary/aromatic N) is 1. The van der Waals surface area contributed by atoms with Crippen molar-refractivity contribution < 1.29 is 9.53 Å². The number of likely N-dealkylation sites (tertiary alicyclic amines) is 1. The molecule has 0 bridgehead atoms. The summed E-state index contributed by atoms with van der Waals surface area (Å²) in [5.74, 6) is 1.31. The predicted octanol–water partition coefficient (Wildman–Crippen LogP) is 0.479. The Balaban J connectivity index is 1.86. The minimum absolute atomic E-state index is 0.0568. The van der Waals surface area contributed by atoms with Crippen molar-refractivity contribution in [3.63, 3.8) is 0 Å². The summed E-state index contributed by atoms with van der Waals surface area (Å²) in [7, 11) is 1.73. The third-order valence-corrected chi connectivity index (χ3v) is 3.80. The molecule has 3 atom stereocenters. The lowest BCUT2D eigenvalue weighted by Gasteiger charge is -2.23. The van der Waals surface area contributed by atoms with E-state index >= 15 is 0 Å². The fourth-order valence-electron chi connectivity index (χ4n) is 2.77. The van der Waals surface area contributed by atoms with Crippen LogP contribution < -0.4 is 5.32 Å². The molecule has 16 heavy (non-hydrogen) atoms. The molecule has 0 saturated carbocycles.